The maximum atomic E-state index is 14.5. The number of carbonyl (C=O) groups excluding carboxylic acids is 2. The lowest BCUT2D eigenvalue weighted by Crippen LogP contribution is -2.59. The minimum absolute atomic E-state index is 0.00728. The molecule has 0 saturated heterocycles. The van der Waals surface area contributed by atoms with Crippen molar-refractivity contribution >= 4 is 50.8 Å². The Kier molecular flexibility index (Phi) is 8.98. The van der Waals surface area contributed by atoms with Crippen molar-refractivity contribution in [3.63, 3.8) is 0 Å². The highest BCUT2D eigenvalue weighted by molar-refractivity contribution is 7.93. The monoisotopic (exact) mass is 636 g/mol. The number of hydrogen-bond acceptors (Lipinski definition) is 8. The maximum absolute atomic E-state index is 14.5. The minimum Gasteiger partial charge on any atom is -0.493 e. The van der Waals surface area contributed by atoms with Crippen molar-refractivity contribution < 1.29 is 37.3 Å². The number of amides is 1. The van der Waals surface area contributed by atoms with Crippen LogP contribution in [0.5, 0.6) is 11.5 Å². The second-order valence-corrected chi connectivity index (χ2v) is 12.2. The molecule has 3 atom stereocenters. The van der Waals surface area contributed by atoms with Crippen molar-refractivity contribution in [1.29, 1.82) is 0 Å². The Morgan fingerprint density at radius 1 is 1.02 bits per heavy atom. The van der Waals surface area contributed by atoms with E-state index >= 15 is 0 Å². The molecule has 4 rings (SSSR count). The number of likely N-dealkylation sites (N-methyl/N-ethyl adjacent to an activating group) is 1. The Bertz CT molecular complexity index is 1630. The molecular weight excluding hydrogens is 607 g/mol. The van der Waals surface area contributed by atoms with Crippen LogP contribution in [-0.4, -0.2) is 70.3 Å². The van der Waals surface area contributed by atoms with Crippen LogP contribution in [-0.2, 0) is 30.0 Å². The van der Waals surface area contributed by atoms with Gasteiger partial charge in [-0.15, -0.1) is 0 Å². The fourth-order valence-corrected chi connectivity index (χ4v) is 7.08. The number of ether oxygens (including phenoxy) is 3. The van der Waals surface area contributed by atoms with Crippen molar-refractivity contribution in [2.75, 3.05) is 32.2 Å². The van der Waals surface area contributed by atoms with Gasteiger partial charge in [-0.05, 0) is 50.2 Å². The first-order valence-electron chi connectivity index (χ1n) is 12.8. The predicted molar refractivity (Wildman–Crippen MR) is 158 cm³/mol. The van der Waals surface area contributed by atoms with Gasteiger partial charge < -0.3 is 24.2 Å². The molecule has 0 spiro atoms. The smallest absolute Gasteiger partial charge is 0.328 e. The van der Waals surface area contributed by atoms with Crippen molar-refractivity contribution in [1.82, 2.24) is 4.90 Å². The van der Waals surface area contributed by atoms with Crippen molar-refractivity contribution in [2.45, 2.75) is 36.4 Å². The molecule has 224 valence electrons. The van der Waals surface area contributed by atoms with Crippen LogP contribution in [0.25, 0.3) is 0 Å². The van der Waals surface area contributed by atoms with Crippen LogP contribution in [0.4, 0.5) is 5.69 Å². The normalized spacial score (nSPS) is 18.7. The van der Waals surface area contributed by atoms with Gasteiger partial charge >= 0.3 is 5.97 Å². The van der Waals surface area contributed by atoms with Crippen LogP contribution in [0.15, 0.2) is 65.6 Å². The molecule has 0 saturated carbocycles. The van der Waals surface area contributed by atoms with E-state index in [0.29, 0.717) is 0 Å². The van der Waals surface area contributed by atoms with Gasteiger partial charge in [0.2, 0.25) is 0 Å². The lowest BCUT2D eigenvalue weighted by atomic mass is 9.82. The maximum Gasteiger partial charge on any atom is 0.328 e. The summed E-state index contributed by atoms with van der Waals surface area (Å²) in [5.41, 5.74) is -2.24. The summed E-state index contributed by atoms with van der Waals surface area (Å²) in [4.78, 5) is 27.8. The van der Waals surface area contributed by atoms with Crippen LogP contribution in [0.2, 0.25) is 10.0 Å². The molecule has 0 radical (unpaired) electrons. The van der Waals surface area contributed by atoms with Gasteiger partial charge in [0.05, 0.1) is 31.4 Å². The summed E-state index contributed by atoms with van der Waals surface area (Å²) in [6, 6.07) is 11.5. The third kappa shape index (κ3) is 5.15. The molecule has 42 heavy (non-hydrogen) atoms. The van der Waals surface area contributed by atoms with Gasteiger partial charge in [-0.1, -0.05) is 41.4 Å². The van der Waals surface area contributed by atoms with E-state index in [9.17, 15) is 23.1 Å². The Hall–Kier alpha value is -3.51. The summed E-state index contributed by atoms with van der Waals surface area (Å²) in [5.74, 6) is -1.18. The van der Waals surface area contributed by atoms with Gasteiger partial charge in [-0.2, -0.15) is 0 Å². The Morgan fingerprint density at radius 2 is 1.69 bits per heavy atom. The van der Waals surface area contributed by atoms with E-state index in [4.69, 9.17) is 37.4 Å². The number of methoxy groups -OCH3 is 2. The molecule has 2 unspecified atom stereocenters. The van der Waals surface area contributed by atoms with Crippen LogP contribution >= 0.6 is 23.2 Å². The molecule has 1 amide bonds. The zero-order valence-electron chi connectivity index (χ0n) is 23.5. The average Bonchev–Trinajstić information content (AvgIpc) is 3.24. The first kappa shape index (κ1) is 31.4. The van der Waals surface area contributed by atoms with E-state index < -0.39 is 39.6 Å². The Labute approximate surface area is 254 Å². The van der Waals surface area contributed by atoms with Crippen LogP contribution in [0.3, 0.4) is 0 Å². The first-order chi connectivity index (χ1) is 19.8. The summed E-state index contributed by atoms with van der Waals surface area (Å²) in [6.07, 6.45) is 0. The zero-order valence-corrected chi connectivity index (χ0v) is 25.8. The van der Waals surface area contributed by atoms with Gasteiger partial charge in [0.1, 0.15) is 11.6 Å². The van der Waals surface area contributed by atoms with Gasteiger partial charge in [0.15, 0.2) is 17.5 Å². The SMILES string of the molecule is CCOC(=O)[C@H](C)N(C)C(=O)C1N(S(=O)(=O)c2ccc(OC)c(OC)c2)c2ccc(Cl)cc2C1(O)c1ccccc1Cl. The molecule has 1 heterocycles. The quantitative estimate of drug-likeness (QED) is 0.346. The Balaban J connectivity index is 2.03. The van der Waals surface area contributed by atoms with Crippen molar-refractivity contribution in [3.8, 4) is 11.5 Å². The number of hydrogen-bond donors (Lipinski definition) is 1. The number of aliphatic hydroxyl groups is 1. The van der Waals surface area contributed by atoms with Crippen LogP contribution in [0, 0.1) is 0 Å². The van der Waals surface area contributed by atoms with Gasteiger partial charge in [-0.25, -0.2) is 17.5 Å². The number of anilines is 1. The molecule has 0 aliphatic carbocycles. The molecule has 3 aromatic carbocycles. The molecule has 1 N–H and O–H groups in total. The molecule has 0 aromatic heterocycles. The second kappa shape index (κ2) is 12.0. The van der Waals surface area contributed by atoms with Crippen molar-refractivity contribution in [3.05, 3.63) is 81.8 Å². The molecule has 3 aromatic rings. The Morgan fingerprint density at radius 3 is 2.31 bits per heavy atom. The number of halogens is 2. The number of benzene rings is 3. The third-order valence-electron chi connectivity index (χ3n) is 7.22. The lowest BCUT2D eigenvalue weighted by molar-refractivity contribution is -0.154. The standard InChI is InChI=1S/C29H30Cl2N2O8S/c1-6-41-28(35)17(2)32(3)27(34)26-29(36,20-9-7-8-10-22(20)31)21-15-18(30)11-13-23(21)33(26)42(37,38)19-12-14-24(39-4)25(16-19)40-5/h7-17,26,36H,6H2,1-5H3/t17-,26?,29?/m0/s1. The highest BCUT2D eigenvalue weighted by Gasteiger charge is 2.60. The summed E-state index contributed by atoms with van der Waals surface area (Å²) < 4.78 is 45.5. The molecule has 10 nitrogen and oxygen atoms in total. The van der Waals surface area contributed by atoms with E-state index in [2.05, 4.69) is 0 Å². The minimum atomic E-state index is -4.61. The van der Waals surface area contributed by atoms with Crippen LogP contribution < -0.4 is 13.8 Å². The number of fused-ring (bicyclic) bond motifs is 1. The molecule has 13 heteroatoms. The summed E-state index contributed by atoms with van der Waals surface area (Å²) >= 11 is 12.9. The highest BCUT2D eigenvalue weighted by atomic mass is 35.5. The average molecular weight is 638 g/mol. The first-order valence-corrected chi connectivity index (χ1v) is 15.0. The van der Waals surface area contributed by atoms with Crippen molar-refractivity contribution in [2.24, 2.45) is 0 Å². The summed E-state index contributed by atoms with van der Waals surface area (Å²) in [5, 5.41) is 12.9. The number of esters is 1. The third-order valence-corrected chi connectivity index (χ3v) is 9.56. The predicted octanol–water partition coefficient (Wildman–Crippen LogP) is 4.23. The summed E-state index contributed by atoms with van der Waals surface area (Å²) in [7, 11) is -0.518. The molecule has 1 aliphatic rings. The number of sulfonamides is 1. The number of rotatable bonds is 9. The van der Waals surface area contributed by atoms with E-state index in [-0.39, 0.29) is 49.9 Å². The van der Waals surface area contributed by atoms with E-state index in [1.807, 2.05) is 0 Å². The van der Waals surface area contributed by atoms with Crippen LogP contribution in [0.1, 0.15) is 25.0 Å². The second-order valence-electron chi connectivity index (χ2n) is 9.51. The molecule has 0 fully saturated rings. The highest BCUT2D eigenvalue weighted by Crippen LogP contribution is 2.53. The largest absolute Gasteiger partial charge is 0.493 e. The molecule has 1 aliphatic heterocycles. The topological polar surface area (TPSA) is 123 Å². The van der Waals surface area contributed by atoms with Gasteiger partial charge in [0.25, 0.3) is 15.9 Å². The fourth-order valence-electron chi connectivity index (χ4n) is 4.97. The molecular formula is C29H30Cl2N2O8S. The molecule has 0 bridgehead atoms. The van der Waals surface area contributed by atoms with Gasteiger partial charge in [0, 0.05) is 34.3 Å². The lowest BCUT2D eigenvalue weighted by Gasteiger charge is -2.38. The fraction of sp³-hybridized carbons (Fsp3) is 0.310. The van der Waals surface area contributed by atoms with E-state index in [0.717, 1.165) is 9.21 Å². The zero-order chi connectivity index (χ0) is 31.0. The number of nitrogens with zero attached hydrogens (tertiary/aromatic N) is 2. The van der Waals surface area contributed by atoms with E-state index in [1.165, 1.54) is 76.7 Å². The van der Waals surface area contributed by atoms with E-state index in [1.54, 1.807) is 19.1 Å². The van der Waals surface area contributed by atoms with Gasteiger partial charge in [-0.3, -0.25) is 4.79 Å². The number of carbonyl (C=O) groups is 2. The summed E-state index contributed by atoms with van der Waals surface area (Å²) in [6.45, 7) is 3.13.